The lowest BCUT2D eigenvalue weighted by molar-refractivity contribution is 1.30. The standard InChI is InChI=1S/C11H12/c1-3-5-11-7-4-6-10(2)8-9-11/h3,6-9H,1,5H2,2H3. The summed E-state index contributed by atoms with van der Waals surface area (Å²) in [6, 6.07) is 0. The lowest BCUT2D eigenvalue weighted by Crippen LogP contribution is -1.71. The van der Waals surface area contributed by atoms with Gasteiger partial charge in [0, 0.05) is 0 Å². The van der Waals surface area contributed by atoms with Gasteiger partial charge in [0.1, 0.15) is 0 Å². The Balaban J connectivity index is 2.84. The number of hydrogen-bond acceptors (Lipinski definition) is 0. The van der Waals surface area contributed by atoms with Gasteiger partial charge in [0.15, 0.2) is 0 Å². The predicted octanol–water partition coefficient (Wildman–Crippen LogP) is 3.16. The summed E-state index contributed by atoms with van der Waals surface area (Å²) in [6.45, 7) is 5.75. The molecule has 0 N–H and O–H groups in total. The summed E-state index contributed by atoms with van der Waals surface area (Å²) < 4.78 is 0. The molecule has 0 atom stereocenters. The first-order valence-electron chi connectivity index (χ1n) is 3.74. The van der Waals surface area contributed by atoms with Crippen LogP contribution >= 0.6 is 0 Å². The molecule has 0 fully saturated rings. The number of allylic oxidation sites excluding steroid dienone is 6. The van der Waals surface area contributed by atoms with E-state index in [1.165, 1.54) is 11.1 Å². The molecule has 0 spiro atoms. The zero-order valence-electron chi connectivity index (χ0n) is 6.80. The first kappa shape index (κ1) is 7.84. The highest BCUT2D eigenvalue weighted by atomic mass is 13.9. The molecule has 0 aliphatic heterocycles. The third-order valence-electron chi connectivity index (χ3n) is 1.52. The molecule has 1 rings (SSSR count). The van der Waals surface area contributed by atoms with Crippen LogP contribution in [0.5, 0.6) is 0 Å². The van der Waals surface area contributed by atoms with E-state index in [9.17, 15) is 0 Å². The molecule has 0 saturated carbocycles. The summed E-state index contributed by atoms with van der Waals surface area (Å²) >= 11 is 0. The van der Waals surface area contributed by atoms with E-state index in [1.807, 2.05) is 18.2 Å². The second kappa shape index (κ2) is 3.80. The van der Waals surface area contributed by atoms with Crippen molar-refractivity contribution in [2.24, 2.45) is 0 Å². The highest BCUT2D eigenvalue weighted by molar-refractivity contribution is 5.33. The van der Waals surface area contributed by atoms with E-state index in [4.69, 9.17) is 0 Å². The lowest BCUT2D eigenvalue weighted by atomic mass is 10.1. The molecule has 56 valence electrons. The van der Waals surface area contributed by atoms with E-state index < -0.39 is 0 Å². The quantitative estimate of drug-likeness (QED) is 0.412. The monoisotopic (exact) mass is 144 g/mol. The summed E-state index contributed by atoms with van der Waals surface area (Å²) in [5.41, 5.74) is 5.59. The summed E-state index contributed by atoms with van der Waals surface area (Å²) in [5, 5.41) is 0. The van der Waals surface area contributed by atoms with Gasteiger partial charge in [-0.2, -0.15) is 0 Å². The fraction of sp³-hybridized carbons (Fsp3) is 0.182. The number of hydrogen-bond donors (Lipinski definition) is 0. The largest absolute Gasteiger partial charge is 0.120 e. The van der Waals surface area contributed by atoms with Crippen LogP contribution in [0.3, 0.4) is 0 Å². The Morgan fingerprint density at radius 3 is 3.00 bits per heavy atom. The fourth-order valence-electron chi connectivity index (χ4n) is 0.908. The maximum absolute atomic E-state index is 3.68. The van der Waals surface area contributed by atoms with Crippen LogP contribution in [-0.4, -0.2) is 0 Å². The van der Waals surface area contributed by atoms with Crippen molar-refractivity contribution in [1.82, 2.24) is 0 Å². The Bertz CT molecular complexity index is 268. The lowest BCUT2D eigenvalue weighted by Gasteiger charge is -1.90. The van der Waals surface area contributed by atoms with Gasteiger partial charge in [-0.1, -0.05) is 18.2 Å². The Morgan fingerprint density at radius 2 is 2.27 bits per heavy atom. The van der Waals surface area contributed by atoms with Crippen LogP contribution in [-0.2, 0) is 0 Å². The van der Waals surface area contributed by atoms with E-state index in [-0.39, 0.29) is 0 Å². The van der Waals surface area contributed by atoms with E-state index in [1.54, 1.807) is 0 Å². The van der Waals surface area contributed by atoms with Crippen LogP contribution in [0.1, 0.15) is 13.3 Å². The van der Waals surface area contributed by atoms with Crippen molar-refractivity contribution in [3.63, 3.8) is 0 Å². The third-order valence-corrected chi connectivity index (χ3v) is 1.52. The van der Waals surface area contributed by atoms with Gasteiger partial charge < -0.3 is 0 Å². The van der Waals surface area contributed by atoms with Crippen LogP contribution in [0.4, 0.5) is 0 Å². The van der Waals surface area contributed by atoms with Crippen molar-refractivity contribution < 1.29 is 0 Å². The van der Waals surface area contributed by atoms with E-state index >= 15 is 0 Å². The first-order chi connectivity index (χ1) is 5.33. The molecule has 0 aromatic rings. The molecule has 0 aromatic heterocycles. The summed E-state index contributed by atoms with van der Waals surface area (Å²) in [4.78, 5) is 0. The van der Waals surface area contributed by atoms with E-state index in [2.05, 4.69) is 31.4 Å². The first-order valence-corrected chi connectivity index (χ1v) is 3.74. The van der Waals surface area contributed by atoms with Gasteiger partial charge in [-0.3, -0.25) is 0 Å². The molecule has 1 aliphatic carbocycles. The minimum Gasteiger partial charge on any atom is -0.120 e. The molecule has 0 unspecified atom stereocenters. The fourth-order valence-corrected chi connectivity index (χ4v) is 0.908. The molecular weight excluding hydrogens is 132 g/mol. The average molecular weight is 144 g/mol. The Hall–Kier alpha value is -1.26. The molecule has 0 radical (unpaired) electrons. The smallest absolute Gasteiger partial charge is 0.00940 e. The Kier molecular flexibility index (Phi) is 2.71. The normalized spacial score (nSPS) is 15.4. The molecule has 0 nitrogen and oxygen atoms in total. The second-order valence-electron chi connectivity index (χ2n) is 2.60. The van der Waals surface area contributed by atoms with Gasteiger partial charge in [0.05, 0.1) is 0 Å². The van der Waals surface area contributed by atoms with Crippen molar-refractivity contribution in [1.29, 1.82) is 0 Å². The molecule has 11 heavy (non-hydrogen) atoms. The molecule has 0 aromatic carbocycles. The van der Waals surface area contributed by atoms with Crippen molar-refractivity contribution in [3.8, 4) is 0 Å². The Labute approximate surface area is 67.9 Å². The zero-order chi connectivity index (χ0) is 8.10. The number of rotatable bonds is 2. The molecular formula is C11H12. The predicted molar refractivity (Wildman–Crippen MR) is 49.3 cm³/mol. The maximum Gasteiger partial charge on any atom is -0.00940 e. The van der Waals surface area contributed by atoms with Gasteiger partial charge in [0.25, 0.3) is 0 Å². The van der Waals surface area contributed by atoms with Crippen LogP contribution in [0.25, 0.3) is 0 Å². The van der Waals surface area contributed by atoms with Gasteiger partial charge in [-0.05, 0) is 36.6 Å². The highest BCUT2D eigenvalue weighted by Crippen LogP contribution is 2.08. The second-order valence-corrected chi connectivity index (χ2v) is 2.60. The Morgan fingerprint density at radius 1 is 1.45 bits per heavy atom. The van der Waals surface area contributed by atoms with Crippen LogP contribution < -0.4 is 0 Å². The van der Waals surface area contributed by atoms with Gasteiger partial charge >= 0.3 is 0 Å². The third kappa shape index (κ3) is 2.45. The zero-order valence-corrected chi connectivity index (χ0v) is 6.80. The molecule has 0 amide bonds. The molecule has 1 aliphatic rings. The van der Waals surface area contributed by atoms with E-state index in [0.717, 1.165) is 6.42 Å². The SMILES string of the molecule is C=CCC1=CC=C(C)C=C=C1. The van der Waals surface area contributed by atoms with Gasteiger partial charge in [-0.15, -0.1) is 12.3 Å². The molecule has 0 heteroatoms. The summed E-state index contributed by atoms with van der Waals surface area (Å²) in [6.07, 6.45) is 11.0. The van der Waals surface area contributed by atoms with Crippen molar-refractivity contribution in [3.05, 3.63) is 53.8 Å². The van der Waals surface area contributed by atoms with Crippen molar-refractivity contribution in [2.75, 3.05) is 0 Å². The topological polar surface area (TPSA) is 0 Å². The van der Waals surface area contributed by atoms with Crippen molar-refractivity contribution >= 4 is 0 Å². The molecule has 0 heterocycles. The maximum atomic E-state index is 3.68. The van der Waals surface area contributed by atoms with Crippen LogP contribution in [0, 0.1) is 0 Å². The minimum absolute atomic E-state index is 0.921. The minimum atomic E-state index is 0.921. The van der Waals surface area contributed by atoms with Crippen LogP contribution in [0.15, 0.2) is 53.8 Å². The van der Waals surface area contributed by atoms with Gasteiger partial charge in [0.2, 0.25) is 0 Å². The highest BCUT2D eigenvalue weighted by Gasteiger charge is 1.89. The molecule has 0 bridgehead atoms. The average Bonchev–Trinajstić information content (AvgIpc) is 2.17. The van der Waals surface area contributed by atoms with Crippen molar-refractivity contribution in [2.45, 2.75) is 13.3 Å². The summed E-state index contributed by atoms with van der Waals surface area (Å²) in [5.74, 6) is 0. The summed E-state index contributed by atoms with van der Waals surface area (Å²) in [7, 11) is 0. The van der Waals surface area contributed by atoms with Gasteiger partial charge in [-0.25, -0.2) is 0 Å². The molecule has 0 saturated heterocycles. The van der Waals surface area contributed by atoms with Crippen LogP contribution in [0.2, 0.25) is 0 Å². The van der Waals surface area contributed by atoms with E-state index in [0.29, 0.717) is 0 Å².